The molecule has 3 aliphatic carbocycles. The van der Waals surface area contributed by atoms with Crippen LogP contribution in [-0.4, -0.2) is 60.3 Å². The Kier molecular flexibility index (Phi) is 10.8. The predicted molar refractivity (Wildman–Crippen MR) is 153 cm³/mol. The van der Waals surface area contributed by atoms with Crippen molar-refractivity contribution in [2.75, 3.05) is 25.2 Å². The molecule has 1 atom stereocenters. The van der Waals surface area contributed by atoms with Crippen molar-refractivity contribution in [1.29, 1.82) is 0 Å². The summed E-state index contributed by atoms with van der Waals surface area (Å²) in [6.45, 7) is -0.630. The smallest absolute Gasteiger partial charge is 0.484 e. The SMILES string of the molecule is O=C(COc1ccc(Cl)c(F)c1)NC12CCC(NC(=O)COc3ccc(Cl)c(F)c3)(CC1)C(OC(=O)OCCCBr)C2. The van der Waals surface area contributed by atoms with E-state index in [9.17, 15) is 23.2 Å². The first-order valence-corrected chi connectivity index (χ1v) is 15.1. The van der Waals surface area contributed by atoms with Gasteiger partial charge in [-0.3, -0.25) is 9.59 Å². The molecule has 3 fully saturated rings. The van der Waals surface area contributed by atoms with E-state index in [0.717, 1.165) is 12.1 Å². The molecule has 0 spiro atoms. The van der Waals surface area contributed by atoms with Crippen molar-refractivity contribution in [3.63, 3.8) is 0 Å². The number of hydrogen-bond donors (Lipinski definition) is 2. The second kappa shape index (κ2) is 14.1. The minimum Gasteiger partial charge on any atom is -0.484 e. The Morgan fingerprint density at radius 3 is 1.95 bits per heavy atom. The number of carbonyl (C=O) groups is 3. The van der Waals surface area contributed by atoms with Crippen LogP contribution in [0.25, 0.3) is 0 Å². The number of carbonyl (C=O) groups excluding carboxylic acids is 3. The van der Waals surface area contributed by atoms with E-state index < -0.39 is 53.4 Å². The van der Waals surface area contributed by atoms with Gasteiger partial charge in [-0.05, 0) is 56.4 Å². The maximum atomic E-state index is 13.7. The number of nitrogens with one attached hydrogen (secondary N) is 2. The molecule has 0 radical (unpaired) electrons. The zero-order chi connectivity index (χ0) is 30.3. The average Bonchev–Trinajstić information content (AvgIpc) is 2.95. The van der Waals surface area contributed by atoms with Crippen LogP contribution in [0, 0.1) is 11.6 Å². The summed E-state index contributed by atoms with van der Waals surface area (Å²) in [4.78, 5) is 38.3. The van der Waals surface area contributed by atoms with Crippen molar-refractivity contribution in [1.82, 2.24) is 10.6 Å². The lowest BCUT2D eigenvalue weighted by atomic mass is 9.59. The monoisotopic (exact) mass is 692 g/mol. The van der Waals surface area contributed by atoms with Gasteiger partial charge in [0, 0.05) is 29.4 Å². The minimum atomic E-state index is -0.927. The largest absolute Gasteiger partial charge is 0.508 e. The van der Waals surface area contributed by atoms with E-state index in [0.29, 0.717) is 37.4 Å². The highest BCUT2D eigenvalue weighted by atomic mass is 79.9. The first-order chi connectivity index (χ1) is 20.0. The van der Waals surface area contributed by atoms with Gasteiger partial charge in [-0.1, -0.05) is 39.1 Å². The first-order valence-electron chi connectivity index (χ1n) is 13.2. The highest BCUT2D eigenvalue weighted by Crippen LogP contribution is 2.48. The summed E-state index contributed by atoms with van der Waals surface area (Å²) >= 11 is 14.7. The van der Waals surface area contributed by atoms with E-state index in [1.807, 2.05) is 0 Å². The number of amides is 2. The van der Waals surface area contributed by atoms with Crippen LogP contribution in [0.3, 0.4) is 0 Å². The summed E-state index contributed by atoms with van der Waals surface area (Å²) in [5, 5.41) is 6.46. The predicted octanol–water partition coefficient (Wildman–Crippen LogP) is 5.72. The van der Waals surface area contributed by atoms with Crippen LogP contribution < -0.4 is 20.1 Å². The lowest BCUT2D eigenvalue weighted by Crippen LogP contribution is -2.71. The van der Waals surface area contributed by atoms with Crippen LogP contribution in [0.5, 0.6) is 11.5 Å². The summed E-state index contributed by atoms with van der Waals surface area (Å²) in [6, 6.07) is 7.71. The third kappa shape index (κ3) is 8.17. The van der Waals surface area contributed by atoms with Gasteiger partial charge in [0.15, 0.2) is 13.2 Å². The molecule has 42 heavy (non-hydrogen) atoms. The Hall–Kier alpha value is -2.83. The summed E-state index contributed by atoms with van der Waals surface area (Å²) in [5.41, 5.74) is -1.65. The summed E-state index contributed by atoms with van der Waals surface area (Å²) in [6.07, 6.45) is 0.832. The van der Waals surface area contributed by atoms with Crippen LogP contribution in [0.1, 0.15) is 38.5 Å². The van der Waals surface area contributed by atoms with Gasteiger partial charge in [-0.2, -0.15) is 0 Å². The average molecular weight is 694 g/mol. The van der Waals surface area contributed by atoms with Crippen molar-refractivity contribution in [2.24, 2.45) is 0 Å². The van der Waals surface area contributed by atoms with Crippen molar-refractivity contribution >= 4 is 57.1 Å². The Bertz CT molecular complexity index is 1310. The highest BCUT2D eigenvalue weighted by Gasteiger charge is 2.57. The number of benzene rings is 2. The number of hydrogen-bond acceptors (Lipinski definition) is 7. The van der Waals surface area contributed by atoms with Crippen LogP contribution in [-0.2, 0) is 19.1 Å². The second-order valence-electron chi connectivity index (χ2n) is 10.2. The van der Waals surface area contributed by atoms with Gasteiger partial charge in [-0.15, -0.1) is 0 Å². The zero-order valence-corrected chi connectivity index (χ0v) is 25.5. The van der Waals surface area contributed by atoms with E-state index in [2.05, 4.69) is 26.6 Å². The van der Waals surface area contributed by atoms with Gasteiger partial charge in [0.2, 0.25) is 0 Å². The highest BCUT2D eigenvalue weighted by molar-refractivity contribution is 9.09. The molecule has 2 aromatic rings. The van der Waals surface area contributed by atoms with E-state index in [1.54, 1.807) is 0 Å². The Morgan fingerprint density at radius 1 is 0.881 bits per heavy atom. The molecule has 3 aliphatic rings. The normalized spacial score (nSPS) is 22.6. The molecule has 2 bridgehead atoms. The number of rotatable bonds is 12. The van der Waals surface area contributed by atoms with Gasteiger partial charge in [0.05, 0.1) is 22.2 Å². The van der Waals surface area contributed by atoms with Gasteiger partial charge < -0.3 is 29.6 Å². The molecule has 2 N–H and O–H groups in total. The van der Waals surface area contributed by atoms with E-state index >= 15 is 0 Å². The lowest BCUT2D eigenvalue weighted by molar-refractivity contribution is -0.139. The third-order valence-electron chi connectivity index (χ3n) is 7.34. The van der Waals surface area contributed by atoms with E-state index in [-0.39, 0.29) is 41.2 Å². The summed E-state index contributed by atoms with van der Waals surface area (Å²) in [7, 11) is 0. The molecule has 228 valence electrons. The molecule has 0 aliphatic heterocycles. The fraction of sp³-hybridized carbons (Fsp3) is 0.464. The summed E-state index contributed by atoms with van der Waals surface area (Å²) < 4.78 is 49.2. The number of alkyl halides is 1. The van der Waals surface area contributed by atoms with Crippen molar-refractivity contribution in [3.05, 3.63) is 58.1 Å². The van der Waals surface area contributed by atoms with Crippen molar-refractivity contribution in [2.45, 2.75) is 55.7 Å². The Morgan fingerprint density at radius 2 is 1.43 bits per heavy atom. The van der Waals surface area contributed by atoms with Crippen molar-refractivity contribution < 1.29 is 42.1 Å². The van der Waals surface area contributed by atoms with Crippen LogP contribution >= 0.6 is 39.1 Å². The number of fused-ring (bicyclic) bond motifs is 3. The van der Waals surface area contributed by atoms with Gasteiger partial charge in [0.1, 0.15) is 29.2 Å². The number of halogens is 5. The van der Waals surface area contributed by atoms with Crippen LogP contribution in [0.4, 0.5) is 13.6 Å². The molecule has 3 saturated carbocycles. The van der Waals surface area contributed by atoms with Gasteiger partial charge in [-0.25, -0.2) is 13.6 Å². The third-order valence-corrected chi connectivity index (χ3v) is 8.52. The van der Waals surface area contributed by atoms with E-state index in [4.69, 9.17) is 42.1 Å². The Labute approximate surface area is 259 Å². The van der Waals surface area contributed by atoms with Crippen LogP contribution in [0.15, 0.2) is 36.4 Å². The molecule has 14 heteroatoms. The standard InChI is InChI=1S/C28H29BrCl2F2N2O7/c29-10-1-11-39-26(38)42-23-14-27(34-24(36)15-40-17-2-4-19(30)21(32)12-17)6-8-28(23,9-7-27)35-25(37)16-41-18-3-5-20(31)22(33)13-18/h2-5,12-13,23H,1,6-11,14-16H2,(H,34,36)(H,35,37). The molecule has 5 rings (SSSR count). The second-order valence-corrected chi connectivity index (χ2v) is 11.8. The maximum Gasteiger partial charge on any atom is 0.508 e. The molecule has 1 unspecified atom stereocenters. The first kappa shape index (κ1) is 32.1. The molecule has 9 nitrogen and oxygen atoms in total. The quantitative estimate of drug-likeness (QED) is 0.166. The fourth-order valence-electron chi connectivity index (χ4n) is 5.22. The topological polar surface area (TPSA) is 112 Å². The Balaban J connectivity index is 1.40. The number of ether oxygens (including phenoxy) is 4. The summed E-state index contributed by atoms with van der Waals surface area (Å²) in [5.74, 6) is -2.00. The van der Waals surface area contributed by atoms with E-state index in [1.165, 1.54) is 24.3 Å². The molecule has 2 aromatic carbocycles. The molecule has 0 saturated heterocycles. The van der Waals surface area contributed by atoms with Crippen LogP contribution in [0.2, 0.25) is 10.0 Å². The lowest BCUT2D eigenvalue weighted by Gasteiger charge is -2.56. The van der Waals surface area contributed by atoms with Gasteiger partial charge in [0.25, 0.3) is 11.8 Å². The maximum absolute atomic E-state index is 13.7. The molecular formula is C28H29BrCl2F2N2O7. The molecular weight excluding hydrogens is 665 g/mol. The molecule has 0 heterocycles. The zero-order valence-electron chi connectivity index (χ0n) is 22.4. The fourth-order valence-corrected chi connectivity index (χ4v) is 5.69. The molecule has 2 amide bonds. The molecule has 0 aromatic heterocycles. The minimum absolute atomic E-state index is 0.0622. The van der Waals surface area contributed by atoms with Crippen molar-refractivity contribution in [3.8, 4) is 11.5 Å². The van der Waals surface area contributed by atoms with Gasteiger partial charge >= 0.3 is 6.16 Å².